The molecular formula is C49H35NO. The van der Waals surface area contributed by atoms with E-state index < -0.39 is 0 Å². The largest absolute Gasteiger partial charge is 0.456 e. The zero-order chi connectivity index (χ0) is 33.8. The first-order valence-electron chi connectivity index (χ1n) is 17.8. The van der Waals surface area contributed by atoms with E-state index in [9.17, 15) is 0 Å². The molecule has 242 valence electrons. The van der Waals surface area contributed by atoms with E-state index in [4.69, 9.17) is 4.42 Å². The molecule has 1 atom stereocenters. The van der Waals surface area contributed by atoms with Gasteiger partial charge in [0.05, 0.1) is 5.41 Å². The second-order valence-corrected chi connectivity index (χ2v) is 13.6. The minimum Gasteiger partial charge on any atom is -0.456 e. The molecule has 2 nitrogen and oxygen atoms in total. The minimum atomic E-state index is -0.284. The van der Waals surface area contributed by atoms with E-state index in [0.29, 0.717) is 0 Å². The van der Waals surface area contributed by atoms with E-state index in [1.807, 2.05) is 12.1 Å². The second-order valence-electron chi connectivity index (χ2n) is 13.6. The fourth-order valence-electron chi connectivity index (χ4n) is 8.72. The van der Waals surface area contributed by atoms with Gasteiger partial charge in [-0.25, -0.2) is 0 Å². The molecule has 0 saturated heterocycles. The van der Waals surface area contributed by atoms with Gasteiger partial charge in [0.15, 0.2) is 0 Å². The van der Waals surface area contributed by atoms with E-state index in [1.165, 1.54) is 44.6 Å². The van der Waals surface area contributed by atoms with Crippen LogP contribution in [0.5, 0.6) is 0 Å². The Bertz CT molecular complexity index is 2560. The molecule has 2 aliphatic rings. The van der Waals surface area contributed by atoms with Crippen LogP contribution in [0.3, 0.4) is 0 Å². The van der Waals surface area contributed by atoms with Gasteiger partial charge in [-0.1, -0.05) is 146 Å². The van der Waals surface area contributed by atoms with Crippen LogP contribution in [0.15, 0.2) is 204 Å². The van der Waals surface area contributed by atoms with Crippen molar-refractivity contribution >= 4 is 33.3 Å². The summed E-state index contributed by atoms with van der Waals surface area (Å²) in [4.78, 5) is 2.38. The van der Waals surface area contributed by atoms with E-state index in [0.717, 1.165) is 39.7 Å². The Hall–Kier alpha value is -6.38. The van der Waals surface area contributed by atoms with Crippen LogP contribution >= 0.6 is 0 Å². The number of rotatable bonds is 6. The molecule has 0 bridgehead atoms. The van der Waals surface area contributed by atoms with Crippen molar-refractivity contribution in [3.05, 3.63) is 217 Å². The number of nitrogens with zero attached hydrogens (tertiary/aromatic N) is 1. The molecular weight excluding hydrogens is 619 g/mol. The Labute approximate surface area is 298 Å². The molecule has 51 heavy (non-hydrogen) atoms. The summed E-state index contributed by atoms with van der Waals surface area (Å²) in [6.45, 7) is 0. The van der Waals surface area contributed by atoms with Crippen LogP contribution in [0.25, 0.3) is 44.2 Å². The number of hydrogen-bond acceptors (Lipinski definition) is 2. The fourth-order valence-corrected chi connectivity index (χ4v) is 8.72. The van der Waals surface area contributed by atoms with Gasteiger partial charge in [-0.3, -0.25) is 0 Å². The molecule has 1 aromatic heterocycles. The zero-order valence-electron chi connectivity index (χ0n) is 28.1. The van der Waals surface area contributed by atoms with Gasteiger partial charge < -0.3 is 9.32 Å². The van der Waals surface area contributed by atoms with Gasteiger partial charge in [0, 0.05) is 27.8 Å². The van der Waals surface area contributed by atoms with Gasteiger partial charge in [0.2, 0.25) is 0 Å². The summed E-state index contributed by atoms with van der Waals surface area (Å²) in [6.07, 6.45) is 8.17. The van der Waals surface area contributed by atoms with Crippen molar-refractivity contribution < 1.29 is 4.42 Å². The third-order valence-electron chi connectivity index (χ3n) is 11.0. The molecule has 8 aromatic rings. The van der Waals surface area contributed by atoms with Crippen LogP contribution in [-0.2, 0) is 5.41 Å². The highest BCUT2D eigenvalue weighted by molar-refractivity contribution is 6.06. The van der Waals surface area contributed by atoms with Crippen molar-refractivity contribution in [3.63, 3.8) is 0 Å². The third kappa shape index (κ3) is 4.64. The average molecular weight is 654 g/mol. The van der Waals surface area contributed by atoms with Crippen molar-refractivity contribution in [1.29, 1.82) is 0 Å². The number of fused-ring (bicyclic) bond motifs is 6. The number of hydrogen-bond donors (Lipinski definition) is 0. The molecule has 0 fully saturated rings. The summed E-state index contributed by atoms with van der Waals surface area (Å²) in [5.74, 6) is 0.238. The normalized spacial score (nSPS) is 15.8. The van der Waals surface area contributed by atoms with Crippen molar-refractivity contribution in [2.75, 3.05) is 4.90 Å². The Balaban J connectivity index is 1.03. The van der Waals surface area contributed by atoms with E-state index >= 15 is 0 Å². The molecule has 7 aromatic carbocycles. The number of furan rings is 1. The minimum absolute atomic E-state index is 0.238. The SMILES string of the molecule is C1=CC(C2(c3ccccc3)c3ccccc3-c3ccccc32)CC=C1N(c1ccccc1)c1ccc(-c2ccc3oc4ccccc4c3c2)cc1. The van der Waals surface area contributed by atoms with Gasteiger partial charge in [-0.2, -0.15) is 0 Å². The molecule has 0 N–H and O–H groups in total. The lowest BCUT2D eigenvalue weighted by Crippen LogP contribution is -2.36. The summed E-state index contributed by atoms with van der Waals surface area (Å²) in [7, 11) is 0. The maximum absolute atomic E-state index is 6.10. The smallest absolute Gasteiger partial charge is 0.135 e. The molecule has 0 amide bonds. The first kappa shape index (κ1) is 29.5. The maximum Gasteiger partial charge on any atom is 0.135 e. The average Bonchev–Trinajstić information content (AvgIpc) is 3.73. The van der Waals surface area contributed by atoms with Crippen LogP contribution in [0.1, 0.15) is 23.1 Å². The lowest BCUT2D eigenvalue weighted by atomic mass is 9.62. The summed E-state index contributed by atoms with van der Waals surface area (Å²) in [6, 6.07) is 63.6. The topological polar surface area (TPSA) is 16.4 Å². The highest BCUT2D eigenvalue weighted by atomic mass is 16.3. The summed E-state index contributed by atoms with van der Waals surface area (Å²) in [5.41, 5.74) is 14.2. The Kier molecular flexibility index (Phi) is 6.89. The first-order valence-corrected chi connectivity index (χ1v) is 17.8. The number of anilines is 2. The second kappa shape index (κ2) is 11.9. The van der Waals surface area contributed by atoms with Crippen LogP contribution in [-0.4, -0.2) is 0 Å². The van der Waals surface area contributed by atoms with Gasteiger partial charge in [-0.05, 0) is 99.8 Å². The summed E-state index contributed by atoms with van der Waals surface area (Å²) >= 11 is 0. The van der Waals surface area contributed by atoms with Gasteiger partial charge in [0.25, 0.3) is 0 Å². The lowest BCUT2D eigenvalue weighted by Gasteiger charge is -2.40. The summed E-state index contributed by atoms with van der Waals surface area (Å²) < 4.78 is 6.10. The Morgan fingerprint density at radius 2 is 1.10 bits per heavy atom. The highest BCUT2D eigenvalue weighted by Gasteiger charge is 2.49. The number of allylic oxidation sites excluding steroid dienone is 3. The molecule has 0 saturated carbocycles. The standard InChI is InChI=1S/C49H35NO/c1-3-13-36(14-4-1)49(45-20-10-7-17-41(45)42-18-8-11-21-46(42)49)37-26-30-40(31-27-37)50(38-15-5-2-6-16-38)39-28-23-34(24-29-39)35-25-32-48-44(33-35)43-19-9-12-22-47(43)51-48/h1-26,28-33,37H,27H2. The molecule has 1 heterocycles. The lowest BCUT2D eigenvalue weighted by molar-refractivity contribution is 0.456. The van der Waals surface area contributed by atoms with E-state index in [2.05, 4.69) is 187 Å². The van der Waals surface area contributed by atoms with E-state index in [1.54, 1.807) is 0 Å². The molecule has 2 heteroatoms. The van der Waals surface area contributed by atoms with Crippen LogP contribution in [0.2, 0.25) is 0 Å². The number of benzene rings is 7. The molecule has 0 aliphatic heterocycles. The quantitative estimate of drug-likeness (QED) is 0.178. The third-order valence-corrected chi connectivity index (χ3v) is 11.0. The number of para-hydroxylation sites is 2. The molecule has 10 rings (SSSR count). The predicted molar refractivity (Wildman–Crippen MR) is 211 cm³/mol. The zero-order valence-corrected chi connectivity index (χ0v) is 28.1. The van der Waals surface area contributed by atoms with Crippen LogP contribution in [0, 0.1) is 5.92 Å². The maximum atomic E-state index is 6.10. The molecule has 0 radical (unpaired) electrons. The first-order chi connectivity index (χ1) is 25.3. The fraction of sp³-hybridized carbons (Fsp3) is 0.0612. The molecule has 0 spiro atoms. The van der Waals surface area contributed by atoms with Gasteiger partial charge in [-0.15, -0.1) is 0 Å². The molecule has 1 unspecified atom stereocenters. The van der Waals surface area contributed by atoms with Crippen LogP contribution in [0.4, 0.5) is 11.4 Å². The Morgan fingerprint density at radius 1 is 0.510 bits per heavy atom. The predicted octanol–water partition coefficient (Wildman–Crippen LogP) is 12.9. The highest BCUT2D eigenvalue weighted by Crippen LogP contribution is 2.58. The molecule has 2 aliphatic carbocycles. The van der Waals surface area contributed by atoms with Crippen molar-refractivity contribution in [1.82, 2.24) is 0 Å². The van der Waals surface area contributed by atoms with Crippen molar-refractivity contribution in [2.45, 2.75) is 11.8 Å². The van der Waals surface area contributed by atoms with Crippen molar-refractivity contribution in [3.8, 4) is 22.3 Å². The summed E-state index contributed by atoms with van der Waals surface area (Å²) in [5, 5.41) is 2.29. The monoisotopic (exact) mass is 653 g/mol. The van der Waals surface area contributed by atoms with Gasteiger partial charge in [0.1, 0.15) is 11.2 Å². The van der Waals surface area contributed by atoms with Crippen LogP contribution < -0.4 is 4.90 Å². The Morgan fingerprint density at radius 3 is 1.80 bits per heavy atom. The van der Waals surface area contributed by atoms with Gasteiger partial charge >= 0.3 is 0 Å². The van der Waals surface area contributed by atoms with Crippen molar-refractivity contribution in [2.24, 2.45) is 5.92 Å². The van der Waals surface area contributed by atoms with E-state index in [-0.39, 0.29) is 11.3 Å².